The molecule has 29 heavy (non-hydrogen) atoms. The maximum Gasteiger partial charge on any atom is 0.318 e. The summed E-state index contributed by atoms with van der Waals surface area (Å²) in [6.07, 6.45) is 4.34. The first-order valence-corrected chi connectivity index (χ1v) is 10.1. The molecule has 1 fully saturated rings. The number of rotatable bonds is 7. The zero-order chi connectivity index (χ0) is 20.4. The van der Waals surface area contributed by atoms with Gasteiger partial charge < -0.3 is 10.2 Å². The summed E-state index contributed by atoms with van der Waals surface area (Å²) < 4.78 is 1.42. The molecule has 0 radical (unpaired) electrons. The number of fused-ring (bicyclic) bond motifs is 1. The van der Waals surface area contributed by atoms with Crippen molar-refractivity contribution >= 4 is 29.9 Å². The lowest BCUT2D eigenvalue weighted by Gasteiger charge is -2.19. The monoisotopic (exact) mass is 395 g/mol. The molecule has 1 aliphatic heterocycles. The molecule has 8 nitrogen and oxygen atoms in total. The van der Waals surface area contributed by atoms with Gasteiger partial charge in [0.15, 0.2) is 5.82 Å². The summed E-state index contributed by atoms with van der Waals surface area (Å²) in [4.78, 5) is 40.4. The fourth-order valence-electron chi connectivity index (χ4n) is 3.55. The van der Waals surface area contributed by atoms with Crippen LogP contribution in [0.5, 0.6) is 0 Å². The summed E-state index contributed by atoms with van der Waals surface area (Å²) >= 11 is 0. The van der Waals surface area contributed by atoms with E-state index < -0.39 is 0 Å². The van der Waals surface area contributed by atoms with Crippen molar-refractivity contribution in [2.75, 3.05) is 11.4 Å². The number of benzene rings is 1. The first-order valence-electron chi connectivity index (χ1n) is 10.1. The molecule has 152 valence electrons. The van der Waals surface area contributed by atoms with Crippen LogP contribution in [0.3, 0.4) is 0 Å². The Bertz CT molecular complexity index is 920. The number of hydrogen-bond acceptors (Lipinski definition) is 4. The van der Waals surface area contributed by atoms with Gasteiger partial charge in [-0.15, -0.1) is 5.10 Å². The number of anilines is 2. The van der Waals surface area contributed by atoms with Gasteiger partial charge in [0.05, 0.1) is 24.5 Å². The van der Waals surface area contributed by atoms with E-state index >= 15 is 0 Å². The van der Waals surface area contributed by atoms with Crippen LogP contribution in [-0.4, -0.2) is 39.6 Å². The molecule has 2 aromatic rings. The number of carbonyl (C=O) groups is 3. The molecule has 4 rings (SSSR count). The van der Waals surface area contributed by atoms with Crippen LogP contribution in [-0.2, 0) is 17.9 Å². The minimum Gasteiger partial charge on any atom is -0.338 e. The Labute approximate surface area is 169 Å². The van der Waals surface area contributed by atoms with E-state index in [9.17, 15) is 14.4 Å². The van der Waals surface area contributed by atoms with E-state index in [1.807, 2.05) is 30.3 Å². The highest BCUT2D eigenvalue weighted by molar-refractivity contribution is 5.90. The van der Waals surface area contributed by atoms with Gasteiger partial charge in [0.25, 0.3) is 0 Å². The smallest absolute Gasteiger partial charge is 0.318 e. The van der Waals surface area contributed by atoms with Crippen LogP contribution >= 0.6 is 0 Å². The Morgan fingerprint density at radius 2 is 2.00 bits per heavy atom. The standard InChI is InChI=1S/C21H25N5O3/c1-2-3-11-22-21(29)24-12-17-18(13-24)26(20(28)15-9-10-15)23-19(17)25(14-27)16-7-5-4-6-8-16/h4-8,14-15H,2-3,9-13H2,1H3,(H,22,29). The van der Waals surface area contributed by atoms with Crippen LogP contribution in [0.4, 0.5) is 16.3 Å². The molecule has 0 spiro atoms. The molecule has 2 heterocycles. The molecule has 1 aromatic carbocycles. The first kappa shape index (κ1) is 19.2. The molecular formula is C21H25N5O3. The van der Waals surface area contributed by atoms with Crippen molar-refractivity contribution in [3.05, 3.63) is 41.6 Å². The lowest BCUT2D eigenvalue weighted by atomic mass is 10.2. The van der Waals surface area contributed by atoms with E-state index in [0.29, 0.717) is 43.2 Å². The summed E-state index contributed by atoms with van der Waals surface area (Å²) in [5.41, 5.74) is 2.12. The lowest BCUT2D eigenvalue weighted by molar-refractivity contribution is -0.106. The molecule has 3 amide bonds. The lowest BCUT2D eigenvalue weighted by Crippen LogP contribution is -2.37. The van der Waals surface area contributed by atoms with Gasteiger partial charge in [-0.25, -0.2) is 9.48 Å². The highest BCUT2D eigenvalue weighted by atomic mass is 16.2. The maximum atomic E-state index is 12.8. The van der Waals surface area contributed by atoms with Crippen LogP contribution in [0.1, 0.15) is 48.7 Å². The van der Waals surface area contributed by atoms with Crippen molar-refractivity contribution in [2.45, 2.75) is 45.7 Å². The van der Waals surface area contributed by atoms with Crippen LogP contribution in [0, 0.1) is 5.92 Å². The summed E-state index contributed by atoms with van der Waals surface area (Å²) in [5.74, 6) is 0.347. The van der Waals surface area contributed by atoms with E-state index in [0.717, 1.165) is 31.2 Å². The molecule has 0 bridgehead atoms. The summed E-state index contributed by atoms with van der Waals surface area (Å²) in [6.45, 7) is 3.31. The largest absolute Gasteiger partial charge is 0.338 e. The van der Waals surface area contributed by atoms with Crippen molar-refractivity contribution in [1.82, 2.24) is 20.0 Å². The quantitative estimate of drug-likeness (QED) is 0.577. The number of hydrogen-bond donors (Lipinski definition) is 1. The number of para-hydroxylation sites is 1. The third kappa shape index (κ3) is 3.74. The van der Waals surface area contributed by atoms with Gasteiger partial charge in [0.1, 0.15) is 0 Å². The second kappa shape index (κ2) is 8.06. The first-order chi connectivity index (χ1) is 14.1. The molecule has 1 saturated carbocycles. The molecule has 1 N–H and O–H groups in total. The third-order valence-electron chi connectivity index (χ3n) is 5.36. The summed E-state index contributed by atoms with van der Waals surface area (Å²) in [7, 11) is 0. The van der Waals surface area contributed by atoms with Gasteiger partial charge in [-0.05, 0) is 31.4 Å². The number of nitrogens with zero attached hydrogens (tertiary/aromatic N) is 4. The molecule has 0 atom stereocenters. The van der Waals surface area contributed by atoms with Crippen molar-refractivity contribution in [3.63, 3.8) is 0 Å². The average Bonchev–Trinajstić information content (AvgIpc) is 3.41. The predicted octanol–water partition coefficient (Wildman–Crippen LogP) is 3.05. The van der Waals surface area contributed by atoms with Gasteiger partial charge in [0, 0.05) is 18.0 Å². The number of urea groups is 1. The average molecular weight is 395 g/mol. The van der Waals surface area contributed by atoms with Crippen molar-refractivity contribution in [2.24, 2.45) is 5.92 Å². The van der Waals surface area contributed by atoms with Crippen molar-refractivity contribution < 1.29 is 14.4 Å². The molecule has 0 unspecified atom stereocenters. The molecule has 2 aliphatic rings. The van der Waals surface area contributed by atoms with Crippen LogP contribution in [0.25, 0.3) is 0 Å². The highest BCUT2D eigenvalue weighted by Crippen LogP contribution is 2.37. The van der Waals surface area contributed by atoms with Crippen molar-refractivity contribution in [1.29, 1.82) is 0 Å². The zero-order valence-electron chi connectivity index (χ0n) is 16.5. The predicted molar refractivity (Wildman–Crippen MR) is 108 cm³/mol. The Morgan fingerprint density at radius 3 is 2.66 bits per heavy atom. The normalized spacial score (nSPS) is 15.1. The molecule has 1 aromatic heterocycles. The van der Waals surface area contributed by atoms with E-state index in [-0.39, 0.29) is 17.9 Å². The SMILES string of the molecule is CCCCNC(=O)N1Cc2c(N(C=O)c3ccccc3)nn(C(=O)C3CC3)c2C1. The van der Waals surface area contributed by atoms with Crippen LogP contribution < -0.4 is 10.2 Å². The van der Waals surface area contributed by atoms with Gasteiger partial charge in [0.2, 0.25) is 12.3 Å². The second-order valence-electron chi connectivity index (χ2n) is 7.53. The number of unbranched alkanes of at least 4 members (excludes halogenated alkanes) is 1. The fourth-order valence-corrected chi connectivity index (χ4v) is 3.55. The minimum atomic E-state index is -0.164. The topological polar surface area (TPSA) is 87.5 Å². The minimum absolute atomic E-state index is 0.0133. The summed E-state index contributed by atoms with van der Waals surface area (Å²) in [6, 6.07) is 9.01. The zero-order valence-corrected chi connectivity index (χ0v) is 16.5. The number of nitrogens with one attached hydrogen (secondary N) is 1. The van der Waals surface area contributed by atoms with Crippen molar-refractivity contribution in [3.8, 4) is 0 Å². The maximum absolute atomic E-state index is 12.8. The van der Waals surface area contributed by atoms with E-state index in [1.54, 1.807) is 4.90 Å². The Hall–Kier alpha value is -3.16. The number of amides is 3. The molecule has 0 saturated heterocycles. The van der Waals surface area contributed by atoms with Crippen LogP contribution in [0.15, 0.2) is 30.3 Å². The Kier molecular flexibility index (Phi) is 5.33. The Balaban J connectivity index is 1.66. The van der Waals surface area contributed by atoms with Gasteiger partial charge in [-0.3, -0.25) is 14.5 Å². The van der Waals surface area contributed by atoms with E-state index in [4.69, 9.17) is 0 Å². The summed E-state index contributed by atoms with van der Waals surface area (Å²) in [5, 5.41) is 7.43. The van der Waals surface area contributed by atoms with E-state index in [1.165, 1.54) is 9.58 Å². The molecular weight excluding hydrogens is 370 g/mol. The molecule has 1 aliphatic carbocycles. The van der Waals surface area contributed by atoms with Crippen LogP contribution in [0.2, 0.25) is 0 Å². The number of carbonyl (C=O) groups excluding carboxylic acids is 3. The van der Waals surface area contributed by atoms with Gasteiger partial charge in [-0.2, -0.15) is 0 Å². The van der Waals surface area contributed by atoms with Gasteiger partial charge >= 0.3 is 6.03 Å². The van der Waals surface area contributed by atoms with Gasteiger partial charge in [-0.1, -0.05) is 31.5 Å². The third-order valence-corrected chi connectivity index (χ3v) is 5.36. The fraction of sp³-hybridized carbons (Fsp3) is 0.429. The second-order valence-corrected chi connectivity index (χ2v) is 7.53. The highest BCUT2D eigenvalue weighted by Gasteiger charge is 2.38. The van der Waals surface area contributed by atoms with E-state index in [2.05, 4.69) is 17.3 Å². The number of aromatic nitrogens is 2. The molecule has 8 heteroatoms. The Morgan fingerprint density at radius 1 is 1.24 bits per heavy atom.